The van der Waals surface area contributed by atoms with Crippen molar-refractivity contribution in [3.63, 3.8) is 0 Å². The minimum atomic E-state index is 0.537. The van der Waals surface area contributed by atoms with Gasteiger partial charge in [0.15, 0.2) is 0 Å². The molecule has 3 atom stereocenters. The van der Waals surface area contributed by atoms with Gasteiger partial charge in [-0.1, -0.05) is 5.16 Å². The molecule has 0 aliphatic heterocycles. The molecule has 2 aliphatic carbocycles. The summed E-state index contributed by atoms with van der Waals surface area (Å²) < 4.78 is 0. The number of fused-ring (bicyclic) bond motifs is 2. The first-order valence-corrected chi connectivity index (χ1v) is 4.61. The molecule has 2 rings (SSSR count). The van der Waals surface area contributed by atoms with E-state index in [1.54, 1.807) is 0 Å². The van der Waals surface area contributed by atoms with Crippen LogP contribution in [0.2, 0.25) is 0 Å². The van der Waals surface area contributed by atoms with Crippen LogP contribution in [0.1, 0.15) is 19.3 Å². The second-order valence-electron chi connectivity index (χ2n) is 4.19. The Morgan fingerprint density at radius 1 is 1.42 bits per heavy atom. The van der Waals surface area contributed by atoms with Crippen LogP contribution in [0.4, 0.5) is 0 Å². The summed E-state index contributed by atoms with van der Waals surface area (Å²) in [6.45, 7) is 0. The van der Waals surface area contributed by atoms with Crippen LogP contribution in [0.5, 0.6) is 0 Å². The molecule has 3 unspecified atom stereocenters. The van der Waals surface area contributed by atoms with Crippen molar-refractivity contribution in [2.24, 2.45) is 17.0 Å². The van der Waals surface area contributed by atoms with Gasteiger partial charge in [-0.3, -0.25) is 0 Å². The molecule has 2 aliphatic rings. The van der Waals surface area contributed by atoms with E-state index in [0.29, 0.717) is 12.0 Å². The lowest BCUT2D eigenvalue weighted by molar-refractivity contribution is 0.241. The molecule has 0 amide bonds. The van der Waals surface area contributed by atoms with Crippen molar-refractivity contribution in [3.8, 4) is 0 Å². The Morgan fingerprint density at radius 2 is 2.17 bits per heavy atom. The van der Waals surface area contributed by atoms with Gasteiger partial charge in [0, 0.05) is 12.0 Å². The van der Waals surface area contributed by atoms with Crippen LogP contribution in [0, 0.1) is 11.8 Å². The van der Waals surface area contributed by atoms with Crippen molar-refractivity contribution in [3.05, 3.63) is 0 Å². The van der Waals surface area contributed by atoms with Crippen LogP contribution < -0.4 is 0 Å². The summed E-state index contributed by atoms with van der Waals surface area (Å²) in [6.07, 6.45) is 3.55. The van der Waals surface area contributed by atoms with Crippen LogP contribution in [0.15, 0.2) is 5.16 Å². The summed E-state index contributed by atoms with van der Waals surface area (Å²) in [5.41, 5.74) is 1.03. The quantitative estimate of drug-likeness (QED) is 0.471. The lowest BCUT2D eigenvalue weighted by atomic mass is 9.99. The highest BCUT2D eigenvalue weighted by atomic mass is 16.4. The molecular weight excluding hydrogens is 152 g/mol. The molecule has 2 saturated carbocycles. The zero-order chi connectivity index (χ0) is 8.72. The Hall–Kier alpha value is -0.570. The molecule has 3 nitrogen and oxygen atoms in total. The summed E-state index contributed by atoms with van der Waals surface area (Å²) >= 11 is 0. The number of hydrogen-bond acceptors (Lipinski definition) is 3. The smallest absolute Gasteiger partial charge is 0.0620 e. The zero-order valence-electron chi connectivity index (χ0n) is 7.70. The van der Waals surface area contributed by atoms with E-state index in [1.807, 2.05) is 0 Å². The number of nitrogens with zero attached hydrogens (tertiary/aromatic N) is 2. The van der Waals surface area contributed by atoms with E-state index in [2.05, 4.69) is 24.2 Å². The SMILES string of the molecule is CN(C)C1C2CCC1/C(=N/O)C2. The third-order valence-corrected chi connectivity index (χ3v) is 3.37. The first kappa shape index (κ1) is 8.05. The summed E-state index contributed by atoms with van der Waals surface area (Å²) in [5.74, 6) is 1.28. The molecule has 0 saturated heterocycles. The van der Waals surface area contributed by atoms with Crippen molar-refractivity contribution in [1.82, 2.24) is 4.90 Å². The molecular formula is C9H16N2O. The summed E-state index contributed by atoms with van der Waals surface area (Å²) in [4.78, 5) is 2.28. The summed E-state index contributed by atoms with van der Waals surface area (Å²) in [6, 6.07) is 0.635. The predicted molar refractivity (Wildman–Crippen MR) is 47.5 cm³/mol. The van der Waals surface area contributed by atoms with E-state index in [9.17, 15) is 0 Å². The predicted octanol–water partition coefficient (Wildman–Crippen LogP) is 1.18. The van der Waals surface area contributed by atoms with Gasteiger partial charge in [0.2, 0.25) is 0 Å². The molecule has 0 heterocycles. The van der Waals surface area contributed by atoms with E-state index in [4.69, 9.17) is 5.21 Å². The van der Waals surface area contributed by atoms with Gasteiger partial charge in [0.05, 0.1) is 5.71 Å². The van der Waals surface area contributed by atoms with Crippen molar-refractivity contribution in [2.75, 3.05) is 14.1 Å². The van der Waals surface area contributed by atoms with E-state index in [-0.39, 0.29) is 0 Å². The molecule has 68 valence electrons. The first-order valence-electron chi connectivity index (χ1n) is 4.61. The van der Waals surface area contributed by atoms with Gasteiger partial charge >= 0.3 is 0 Å². The number of oxime groups is 1. The van der Waals surface area contributed by atoms with Gasteiger partial charge in [0.25, 0.3) is 0 Å². The monoisotopic (exact) mass is 168 g/mol. The molecule has 2 bridgehead atoms. The van der Waals surface area contributed by atoms with E-state index in [0.717, 1.165) is 18.1 Å². The molecule has 2 fully saturated rings. The molecule has 0 aromatic heterocycles. The van der Waals surface area contributed by atoms with Crippen LogP contribution in [0.25, 0.3) is 0 Å². The number of hydrogen-bond donors (Lipinski definition) is 1. The summed E-state index contributed by atoms with van der Waals surface area (Å²) in [5, 5.41) is 12.1. The van der Waals surface area contributed by atoms with Crippen molar-refractivity contribution < 1.29 is 5.21 Å². The van der Waals surface area contributed by atoms with Gasteiger partial charge in [0.1, 0.15) is 0 Å². The van der Waals surface area contributed by atoms with Crippen molar-refractivity contribution >= 4 is 5.71 Å². The Kier molecular flexibility index (Phi) is 1.83. The van der Waals surface area contributed by atoms with Gasteiger partial charge in [-0.15, -0.1) is 0 Å². The fourth-order valence-corrected chi connectivity index (χ4v) is 2.97. The Morgan fingerprint density at radius 3 is 2.58 bits per heavy atom. The molecule has 0 aromatic carbocycles. The maximum absolute atomic E-state index is 8.76. The Labute approximate surface area is 73.1 Å². The van der Waals surface area contributed by atoms with Crippen molar-refractivity contribution in [2.45, 2.75) is 25.3 Å². The lowest BCUT2D eigenvalue weighted by Crippen LogP contribution is -2.32. The Balaban J connectivity index is 2.20. The molecule has 0 aromatic rings. The van der Waals surface area contributed by atoms with Gasteiger partial charge in [-0.25, -0.2) is 0 Å². The minimum absolute atomic E-state index is 0.537. The lowest BCUT2D eigenvalue weighted by Gasteiger charge is -2.22. The van der Waals surface area contributed by atoms with Gasteiger partial charge < -0.3 is 10.1 Å². The van der Waals surface area contributed by atoms with Crippen molar-refractivity contribution in [1.29, 1.82) is 0 Å². The maximum atomic E-state index is 8.76. The summed E-state index contributed by atoms with van der Waals surface area (Å²) in [7, 11) is 4.24. The topological polar surface area (TPSA) is 35.8 Å². The van der Waals surface area contributed by atoms with Crippen LogP contribution >= 0.6 is 0 Å². The third-order valence-electron chi connectivity index (χ3n) is 3.37. The van der Waals surface area contributed by atoms with Crippen LogP contribution in [-0.2, 0) is 0 Å². The zero-order valence-corrected chi connectivity index (χ0v) is 7.70. The number of rotatable bonds is 1. The molecule has 0 spiro atoms. The minimum Gasteiger partial charge on any atom is -0.411 e. The largest absolute Gasteiger partial charge is 0.411 e. The third kappa shape index (κ3) is 0.959. The normalized spacial score (nSPS) is 43.2. The van der Waals surface area contributed by atoms with E-state index < -0.39 is 0 Å². The van der Waals surface area contributed by atoms with Gasteiger partial charge in [-0.2, -0.15) is 0 Å². The average molecular weight is 168 g/mol. The standard InChI is InChI=1S/C9H16N2O/c1-11(2)9-6-3-4-7(9)8(5-6)10-12/h6-7,9,12H,3-5H2,1-2H3/b10-8+. The maximum Gasteiger partial charge on any atom is 0.0620 e. The molecule has 1 N–H and O–H groups in total. The van der Waals surface area contributed by atoms with Crippen LogP contribution in [0.3, 0.4) is 0 Å². The fraction of sp³-hybridized carbons (Fsp3) is 0.889. The fourth-order valence-electron chi connectivity index (χ4n) is 2.97. The van der Waals surface area contributed by atoms with Gasteiger partial charge in [-0.05, 0) is 39.3 Å². The average Bonchev–Trinajstić information content (AvgIpc) is 2.59. The second kappa shape index (κ2) is 2.73. The van der Waals surface area contributed by atoms with E-state index in [1.165, 1.54) is 12.8 Å². The van der Waals surface area contributed by atoms with Crippen LogP contribution in [-0.4, -0.2) is 36.0 Å². The highest BCUT2D eigenvalue weighted by molar-refractivity contribution is 5.90. The first-order chi connectivity index (χ1) is 5.74. The highest BCUT2D eigenvalue weighted by Gasteiger charge is 2.47. The Bertz CT molecular complexity index is 213. The molecule has 12 heavy (non-hydrogen) atoms. The highest BCUT2D eigenvalue weighted by Crippen LogP contribution is 2.44. The van der Waals surface area contributed by atoms with E-state index >= 15 is 0 Å². The molecule has 3 heteroatoms. The second-order valence-corrected chi connectivity index (χ2v) is 4.19. The molecule has 0 radical (unpaired) electrons.